The predicted molar refractivity (Wildman–Crippen MR) is 65.1 cm³/mol. The molecule has 0 unspecified atom stereocenters. The molecular weight excluding hydrogens is 254 g/mol. The number of nitrogens with zero attached hydrogens (tertiary/aromatic N) is 4. The lowest BCUT2D eigenvalue weighted by Crippen LogP contribution is -2.13. The Labute approximate surface area is 107 Å². The maximum absolute atomic E-state index is 11.0. The lowest BCUT2D eigenvalue weighted by Gasteiger charge is -2.06. The van der Waals surface area contributed by atoms with Crippen molar-refractivity contribution in [3.05, 3.63) is 34.3 Å². The molecule has 0 spiro atoms. The van der Waals surface area contributed by atoms with E-state index < -0.39 is 4.92 Å². The van der Waals surface area contributed by atoms with E-state index in [1.807, 2.05) is 0 Å². The van der Waals surface area contributed by atoms with Crippen LogP contribution in [0.15, 0.2) is 16.9 Å². The zero-order valence-corrected chi connectivity index (χ0v) is 9.95. The van der Waals surface area contributed by atoms with Crippen molar-refractivity contribution in [3.8, 4) is 0 Å². The average Bonchev–Trinajstić information content (AvgIpc) is 2.81. The fraction of sp³-hybridized carbons (Fsp3) is 0.222. The highest BCUT2D eigenvalue weighted by molar-refractivity contribution is 5.68. The van der Waals surface area contributed by atoms with E-state index in [-0.39, 0.29) is 23.9 Å². The quantitative estimate of drug-likeness (QED) is 0.401. The minimum atomic E-state index is -0.627. The first-order valence-electron chi connectivity index (χ1n) is 5.23. The van der Waals surface area contributed by atoms with Crippen molar-refractivity contribution in [2.75, 3.05) is 10.7 Å². The van der Waals surface area contributed by atoms with Gasteiger partial charge in [0.15, 0.2) is 0 Å². The summed E-state index contributed by atoms with van der Waals surface area (Å²) in [6.07, 6.45) is 2.71. The van der Waals surface area contributed by atoms with E-state index in [0.29, 0.717) is 11.7 Å². The Kier molecular flexibility index (Phi) is 3.52. The molecule has 2 aromatic heterocycles. The Balaban J connectivity index is 2.22. The van der Waals surface area contributed by atoms with Crippen LogP contribution in [0.2, 0.25) is 0 Å². The van der Waals surface area contributed by atoms with Crippen LogP contribution in [0, 0.1) is 17.0 Å². The second-order valence-electron chi connectivity index (χ2n) is 3.54. The van der Waals surface area contributed by atoms with E-state index in [1.165, 1.54) is 0 Å². The summed E-state index contributed by atoms with van der Waals surface area (Å²) < 4.78 is 5.23. The third kappa shape index (κ3) is 2.74. The molecule has 0 atom stereocenters. The number of hydrogen-bond acceptors (Lipinski definition) is 9. The second kappa shape index (κ2) is 5.27. The van der Waals surface area contributed by atoms with Crippen LogP contribution >= 0.6 is 0 Å². The molecule has 0 saturated heterocycles. The van der Waals surface area contributed by atoms with Gasteiger partial charge in [0, 0.05) is 0 Å². The van der Waals surface area contributed by atoms with Crippen LogP contribution in [0.25, 0.3) is 0 Å². The highest BCUT2D eigenvalue weighted by Crippen LogP contribution is 2.28. The topological polar surface area (TPSA) is 145 Å². The molecular formula is C9H11N7O3. The summed E-state index contributed by atoms with van der Waals surface area (Å²) in [4.78, 5) is 21.8. The molecule has 0 aliphatic heterocycles. The number of oxazole rings is 1. The van der Waals surface area contributed by atoms with E-state index >= 15 is 0 Å². The van der Waals surface area contributed by atoms with Crippen molar-refractivity contribution in [1.82, 2.24) is 15.0 Å². The summed E-state index contributed by atoms with van der Waals surface area (Å²) in [6.45, 7) is 1.91. The maximum Gasteiger partial charge on any atom is 0.354 e. The Morgan fingerprint density at radius 2 is 2.16 bits per heavy atom. The van der Waals surface area contributed by atoms with Crippen LogP contribution in [0.3, 0.4) is 0 Å². The molecule has 0 radical (unpaired) electrons. The minimum Gasteiger partial charge on any atom is -0.444 e. The number of nitro groups is 1. The zero-order chi connectivity index (χ0) is 13.8. The molecule has 0 aliphatic rings. The smallest absolute Gasteiger partial charge is 0.354 e. The van der Waals surface area contributed by atoms with Gasteiger partial charge in [0.1, 0.15) is 12.1 Å². The van der Waals surface area contributed by atoms with Crippen molar-refractivity contribution in [3.63, 3.8) is 0 Å². The average molecular weight is 265 g/mol. The molecule has 0 fully saturated rings. The monoisotopic (exact) mass is 265 g/mol. The van der Waals surface area contributed by atoms with Crippen LogP contribution in [-0.4, -0.2) is 19.9 Å². The Morgan fingerprint density at radius 3 is 2.74 bits per heavy atom. The van der Waals surface area contributed by atoms with Crippen LogP contribution in [0.1, 0.15) is 11.7 Å². The molecule has 0 bridgehead atoms. The first-order chi connectivity index (χ1) is 9.11. The number of nitrogens with one attached hydrogen (secondary N) is 2. The van der Waals surface area contributed by atoms with Crippen molar-refractivity contribution in [2.24, 2.45) is 5.84 Å². The van der Waals surface area contributed by atoms with Gasteiger partial charge in [0.25, 0.3) is 0 Å². The molecule has 4 N–H and O–H groups in total. The van der Waals surface area contributed by atoms with Gasteiger partial charge in [-0.2, -0.15) is 0 Å². The van der Waals surface area contributed by atoms with E-state index in [4.69, 9.17) is 10.3 Å². The Bertz CT molecular complexity index is 597. The van der Waals surface area contributed by atoms with Gasteiger partial charge in [-0.3, -0.25) is 10.1 Å². The van der Waals surface area contributed by atoms with Gasteiger partial charge in [-0.1, -0.05) is 0 Å². The lowest BCUT2D eigenvalue weighted by atomic mass is 10.4. The third-order valence-electron chi connectivity index (χ3n) is 2.22. The molecule has 100 valence electrons. The first kappa shape index (κ1) is 12.7. The Morgan fingerprint density at radius 1 is 1.42 bits per heavy atom. The summed E-state index contributed by atoms with van der Waals surface area (Å²) in [6, 6.07) is 0. The number of anilines is 2. The zero-order valence-electron chi connectivity index (χ0n) is 9.95. The number of hydrazine groups is 1. The van der Waals surface area contributed by atoms with Crippen molar-refractivity contribution < 1.29 is 9.34 Å². The largest absolute Gasteiger partial charge is 0.444 e. The number of nitrogen functional groups attached to an aromatic ring is 1. The fourth-order valence-corrected chi connectivity index (χ4v) is 1.43. The van der Waals surface area contributed by atoms with Crippen molar-refractivity contribution in [2.45, 2.75) is 13.5 Å². The maximum atomic E-state index is 11.0. The second-order valence-corrected chi connectivity index (χ2v) is 3.54. The number of rotatable bonds is 5. The molecule has 19 heavy (non-hydrogen) atoms. The molecule has 10 heteroatoms. The number of nitrogens with two attached hydrogens (primary N) is 1. The van der Waals surface area contributed by atoms with Crippen LogP contribution in [-0.2, 0) is 6.54 Å². The summed E-state index contributed by atoms with van der Waals surface area (Å²) in [5, 5.41) is 13.7. The molecule has 2 aromatic rings. The molecule has 0 saturated carbocycles. The van der Waals surface area contributed by atoms with Gasteiger partial charge >= 0.3 is 5.69 Å². The third-order valence-corrected chi connectivity index (χ3v) is 2.22. The highest BCUT2D eigenvalue weighted by Gasteiger charge is 2.22. The van der Waals surface area contributed by atoms with E-state index in [0.717, 1.165) is 6.33 Å². The Hall–Kier alpha value is -2.75. The highest BCUT2D eigenvalue weighted by atomic mass is 16.6. The number of aromatic nitrogens is 3. The van der Waals surface area contributed by atoms with Gasteiger partial charge in [0.05, 0.1) is 17.7 Å². The van der Waals surface area contributed by atoms with Crippen LogP contribution < -0.4 is 16.6 Å². The van der Waals surface area contributed by atoms with Gasteiger partial charge in [-0.15, -0.1) is 0 Å². The molecule has 0 aliphatic carbocycles. The van der Waals surface area contributed by atoms with Crippen molar-refractivity contribution in [1.29, 1.82) is 0 Å². The normalized spacial score (nSPS) is 10.2. The van der Waals surface area contributed by atoms with Gasteiger partial charge in [-0.25, -0.2) is 20.8 Å². The molecule has 2 rings (SSSR count). The number of aryl methyl sites for hydroxylation is 1. The SMILES string of the molecule is Cc1cnc(CNc2ncnc(NN)c2[N+](=O)[O-])o1. The lowest BCUT2D eigenvalue weighted by molar-refractivity contribution is -0.383. The molecule has 10 nitrogen and oxygen atoms in total. The summed E-state index contributed by atoms with van der Waals surface area (Å²) in [5.41, 5.74) is 1.81. The van der Waals surface area contributed by atoms with E-state index in [2.05, 4.69) is 25.7 Å². The predicted octanol–water partition coefficient (Wildman–Crippen LogP) is 0.579. The molecule has 0 amide bonds. The number of hydrogen-bond donors (Lipinski definition) is 3. The summed E-state index contributed by atoms with van der Waals surface area (Å²) >= 11 is 0. The van der Waals surface area contributed by atoms with Gasteiger partial charge in [-0.05, 0) is 6.92 Å². The van der Waals surface area contributed by atoms with Crippen molar-refractivity contribution >= 4 is 17.3 Å². The van der Waals surface area contributed by atoms with Gasteiger partial charge in [0.2, 0.25) is 17.5 Å². The first-order valence-corrected chi connectivity index (χ1v) is 5.23. The van der Waals surface area contributed by atoms with E-state index in [9.17, 15) is 10.1 Å². The van der Waals surface area contributed by atoms with Crippen LogP contribution in [0.4, 0.5) is 17.3 Å². The van der Waals surface area contributed by atoms with Gasteiger partial charge < -0.3 is 15.2 Å². The molecule has 2 heterocycles. The minimum absolute atomic E-state index is 0.0313. The van der Waals surface area contributed by atoms with Crippen LogP contribution in [0.5, 0.6) is 0 Å². The summed E-state index contributed by atoms with van der Waals surface area (Å²) in [7, 11) is 0. The standard InChI is InChI=1S/C9H11N7O3/c1-5-2-11-6(19-5)3-12-8-7(16(17)18)9(15-10)14-4-13-8/h2,4H,3,10H2,1H3,(H2,12,13,14,15). The van der Waals surface area contributed by atoms with E-state index in [1.54, 1.807) is 13.1 Å². The molecule has 0 aromatic carbocycles. The summed E-state index contributed by atoms with van der Waals surface area (Å²) in [5.74, 6) is 6.17. The fourth-order valence-electron chi connectivity index (χ4n) is 1.43.